The predicted molar refractivity (Wildman–Crippen MR) is 62.3 cm³/mol. The summed E-state index contributed by atoms with van der Waals surface area (Å²) in [6, 6.07) is 0. The van der Waals surface area contributed by atoms with Gasteiger partial charge in [-0.2, -0.15) is 0 Å². The van der Waals surface area contributed by atoms with E-state index >= 15 is 0 Å². The molecule has 0 aliphatic carbocycles. The van der Waals surface area contributed by atoms with Gasteiger partial charge in [-0.25, -0.2) is 4.98 Å². The number of aromatic nitrogens is 2. The Balaban J connectivity index is 2.17. The molecule has 0 spiro atoms. The Labute approximate surface area is 91.7 Å². The van der Waals surface area contributed by atoms with Crippen LogP contribution in [0.25, 0.3) is 0 Å². The molecule has 0 bridgehead atoms. The second-order valence-electron chi connectivity index (χ2n) is 4.83. The van der Waals surface area contributed by atoms with Crippen LogP contribution in [0.4, 0.5) is 0 Å². The molecule has 15 heavy (non-hydrogen) atoms. The summed E-state index contributed by atoms with van der Waals surface area (Å²) in [5, 5.41) is 3.43. The van der Waals surface area contributed by atoms with Gasteiger partial charge in [0.2, 0.25) is 0 Å². The lowest BCUT2D eigenvalue weighted by Crippen LogP contribution is -2.28. The zero-order valence-corrected chi connectivity index (χ0v) is 9.93. The molecular weight excluding hydrogens is 186 g/mol. The number of hydrogen-bond donors (Lipinski definition) is 2. The zero-order valence-electron chi connectivity index (χ0n) is 9.93. The zero-order chi connectivity index (χ0) is 10.8. The summed E-state index contributed by atoms with van der Waals surface area (Å²) >= 11 is 0. The number of nitrogens with one attached hydrogen (secondary N) is 2. The summed E-state index contributed by atoms with van der Waals surface area (Å²) in [6.45, 7) is 8.76. The highest BCUT2D eigenvalue weighted by atomic mass is 15.0. The molecule has 1 aliphatic rings. The molecule has 1 saturated heterocycles. The molecule has 84 valence electrons. The van der Waals surface area contributed by atoms with Crippen LogP contribution in [-0.2, 0) is 0 Å². The minimum Gasteiger partial charge on any atom is -0.346 e. The van der Waals surface area contributed by atoms with Gasteiger partial charge in [-0.3, -0.25) is 0 Å². The highest BCUT2D eigenvalue weighted by Gasteiger charge is 2.20. The smallest absolute Gasteiger partial charge is 0.110 e. The third kappa shape index (κ3) is 2.23. The monoisotopic (exact) mass is 207 g/mol. The molecule has 1 aromatic rings. The first-order valence-electron chi connectivity index (χ1n) is 5.95. The summed E-state index contributed by atoms with van der Waals surface area (Å²) in [5.74, 6) is 2.29. The van der Waals surface area contributed by atoms with Crippen molar-refractivity contribution < 1.29 is 0 Å². The van der Waals surface area contributed by atoms with Crippen molar-refractivity contribution in [2.45, 2.75) is 45.4 Å². The minimum absolute atomic E-state index is 0.520. The van der Waals surface area contributed by atoms with Crippen LogP contribution in [0, 0.1) is 6.92 Å². The Morgan fingerprint density at radius 3 is 2.73 bits per heavy atom. The van der Waals surface area contributed by atoms with E-state index in [2.05, 4.69) is 31.1 Å². The summed E-state index contributed by atoms with van der Waals surface area (Å²) < 4.78 is 0. The molecule has 2 N–H and O–H groups in total. The fourth-order valence-electron chi connectivity index (χ4n) is 2.34. The summed E-state index contributed by atoms with van der Waals surface area (Å²) in [6.07, 6.45) is 2.53. The minimum atomic E-state index is 0.520. The van der Waals surface area contributed by atoms with Crippen molar-refractivity contribution in [3.63, 3.8) is 0 Å². The van der Waals surface area contributed by atoms with Crippen LogP contribution in [0.1, 0.15) is 55.7 Å². The number of hydrogen-bond acceptors (Lipinski definition) is 2. The summed E-state index contributed by atoms with van der Waals surface area (Å²) in [5.41, 5.74) is 2.47. The Hall–Kier alpha value is -0.830. The van der Waals surface area contributed by atoms with Crippen molar-refractivity contribution >= 4 is 0 Å². The summed E-state index contributed by atoms with van der Waals surface area (Å²) in [4.78, 5) is 8.18. The lowest BCUT2D eigenvalue weighted by molar-refractivity contribution is 0.448. The third-order valence-corrected chi connectivity index (χ3v) is 3.17. The van der Waals surface area contributed by atoms with Crippen LogP contribution in [-0.4, -0.2) is 23.1 Å². The van der Waals surface area contributed by atoms with Crippen molar-refractivity contribution in [1.82, 2.24) is 15.3 Å². The van der Waals surface area contributed by atoms with Crippen molar-refractivity contribution in [2.24, 2.45) is 0 Å². The normalized spacial score (nSPS) is 22.3. The molecule has 0 aromatic carbocycles. The van der Waals surface area contributed by atoms with E-state index in [0.717, 1.165) is 13.1 Å². The van der Waals surface area contributed by atoms with Gasteiger partial charge in [-0.1, -0.05) is 13.8 Å². The highest BCUT2D eigenvalue weighted by Crippen LogP contribution is 2.24. The fourth-order valence-corrected chi connectivity index (χ4v) is 2.34. The maximum Gasteiger partial charge on any atom is 0.110 e. The quantitative estimate of drug-likeness (QED) is 0.781. The van der Waals surface area contributed by atoms with Gasteiger partial charge in [-0.15, -0.1) is 0 Å². The van der Waals surface area contributed by atoms with E-state index in [-0.39, 0.29) is 0 Å². The van der Waals surface area contributed by atoms with Gasteiger partial charge in [0.05, 0.1) is 5.69 Å². The standard InChI is InChI=1S/C12H21N3/c1-8(2)11-9(3)14-12(15-11)10-5-4-6-13-7-10/h8,10,13H,4-7H2,1-3H3,(H,14,15). The van der Waals surface area contributed by atoms with Crippen LogP contribution in [0.2, 0.25) is 0 Å². The second-order valence-corrected chi connectivity index (χ2v) is 4.83. The van der Waals surface area contributed by atoms with Crippen LogP contribution < -0.4 is 5.32 Å². The number of rotatable bonds is 2. The van der Waals surface area contributed by atoms with Crippen LogP contribution >= 0.6 is 0 Å². The van der Waals surface area contributed by atoms with Crippen molar-refractivity contribution in [1.29, 1.82) is 0 Å². The molecule has 3 nitrogen and oxygen atoms in total. The molecule has 0 saturated carbocycles. The lowest BCUT2D eigenvalue weighted by Gasteiger charge is -2.20. The van der Waals surface area contributed by atoms with E-state index in [1.807, 2.05) is 0 Å². The molecule has 3 heteroatoms. The largest absolute Gasteiger partial charge is 0.346 e. The van der Waals surface area contributed by atoms with Gasteiger partial charge in [-0.05, 0) is 32.2 Å². The van der Waals surface area contributed by atoms with Crippen LogP contribution in [0.15, 0.2) is 0 Å². The number of nitrogens with zero attached hydrogens (tertiary/aromatic N) is 1. The van der Waals surface area contributed by atoms with E-state index in [0.29, 0.717) is 11.8 Å². The number of H-pyrrole nitrogens is 1. The average molecular weight is 207 g/mol. The maximum absolute atomic E-state index is 4.74. The third-order valence-electron chi connectivity index (χ3n) is 3.17. The van der Waals surface area contributed by atoms with Crippen molar-refractivity contribution in [3.05, 3.63) is 17.2 Å². The van der Waals surface area contributed by atoms with Crippen LogP contribution in [0.5, 0.6) is 0 Å². The first kappa shape index (κ1) is 10.7. The maximum atomic E-state index is 4.74. The highest BCUT2D eigenvalue weighted by molar-refractivity contribution is 5.18. The Morgan fingerprint density at radius 2 is 2.20 bits per heavy atom. The first-order valence-corrected chi connectivity index (χ1v) is 5.95. The SMILES string of the molecule is Cc1[nH]c(C2CCCNC2)nc1C(C)C. The van der Waals surface area contributed by atoms with Gasteiger partial charge < -0.3 is 10.3 Å². The molecule has 0 amide bonds. The molecule has 1 atom stereocenters. The number of piperidine rings is 1. The predicted octanol–water partition coefficient (Wildman–Crippen LogP) is 2.31. The van der Waals surface area contributed by atoms with Gasteiger partial charge in [0.15, 0.2) is 0 Å². The molecular formula is C12H21N3. The Bertz CT molecular complexity index is 322. The molecule has 2 rings (SSSR count). The van der Waals surface area contributed by atoms with E-state index < -0.39 is 0 Å². The summed E-state index contributed by atoms with van der Waals surface area (Å²) in [7, 11) is 0. The van der Waals surface area contributed by atoms with E-state index in [1.54, 1.807) is 0 Å². The molecule has 1 aromatic heterocycles. The van der Waals surface area contributed by atoms with Crippen molar-refractivity contribution in [2.75, 3.05) is 13.1 Å². The lowest BCUT2D eigenvalue weighted by atomic mass is 9.99. The van der Waals surface area contributed by atoms with Gasteiger partial charge in [0, 0.05) is 18.2 Å². The Kier molecular flexibility index (Phi) is 3.10. The van der Waals surface area contributed by atoms with E-state index in [1.165, 1.54) is 30.1 Å². The van der Waals surface area contributed by atoms with Gasteiger partial charge >= 0.3 is 0 Å². The van der Waals surface area contributed by atoms with Crippen molar-refractivity contribution in [3.8, 4) is 0 Å². The number of aromatic amines is 1. The number of aryl methyl sites for hydroxylation is 1. The van der Waals surface area contributed by atoms with E-state index in [9.17, 15) is 0 Å². The van der Waals surface area contributed by atoms with Gasteiger partial charge in [0.1, 0.15) is 5.82 Å². The van der Waals surface area contributed by atoms with Gasteiger partial charge in [0.25, 0.3) is 0 Å². The molecule has 2 heterocycles. The second kappa shape index (κ2) is 4.35. The Morgan fingerprint density at radius 1 is 1.40 bits per heavy atom. The molecule has 1 aliphatic heterocycles. The number of imidazole rings is 1. The topological polar surface area (TPSA) is 40.7 Å². The molecule has 1 fully saturated rings. The fraction of sp³-hybridized carbons (Fsp3) is 0.750. The molecule has 1 unspecified atom stereocenters. The average Bonchev–Trinajstić information content (AvgIpc) is 2.62. The first-order chi connectivity index (χ1) is 7.18. The van der Waals surface area contributed by atoms with Crippen LogP contribution in [0.3, 0.4) is 0 Å². The van der Waals surface area contributed by atoms with E-state index in [4.69, 9.17) is 4.98 Å². The molecule has 0 radical (unpaired) electrons.